The Balaban J connectivity index is 1.75. The van der Waals surface area contributed by atoms with Crippen LogP contribution in [0.4, 0.5) is 4.79 Å². The maximum atomic E-state index is 12.6. The number of hydrogen-bond donors (Lipinski definition) is 0. The number of methoxy groups -OCH3 is 1. The first kappa shape index (κ1) is 24.5. The highest BCUT2D eigenvalue weighted by molar-refractivity contribution is 8.18. The Hall–Kier alpha value is -2.19. The summed E-state index contributed by atoms with van der Waals surface area (Å²) in [6.07, 6.45) is 2.28. The predicted molar refractivity (Wildman–Crippen MR) is 128 cm³/mol. The fraction of sp³-hybridized carbons (Fsp3) is 0.304. The van der Waals surface area contributed by atoms with Crippen LogP contribution in [0.1, 0.15) is 24.5 Å². The van der Waals surface area contributed by atoms with Crippen LogP contribution >= 0.6 is 35.0 Å². The van der Waals surface area contributed by atoms with E-state index in [1.54, 1.807) is 43.5 Å². The van der Waals surface area contributed by atoms with Crippen LogP contribution in [0.15, 0.2) is 41.3 Å². The van der Waals surface area contributed by atoms with E-state index in [0.717, 1.165) is 22.9 Å². The number of rotatable bonds is 10. The van der Waals surface area contributed by atoms with Crippen molar-refractivity contribution in [1.82, 2.24) is 4.90 Å². The molecule has 170 valence electrons. The molecule has 0 aliphatic carbocycles. The molecule has 0 unspecified atom stereocenters. The first-order chi connectivity index (χ1) is 15.4. The number of halogens is 2. The molecule has 1 heterocycles. The highest BCUT2D eigenvalue weighted by Gasteiger charge is 2.34. The molecule has 0 N–H and O–H groups in total. The molecule has 1 fully saturated rings. The van der Waals surface area contributed by atoms with E-state index in [4.69, 9.17) is 37.4 Å². The monoisotopic (exact) mass is 495 g/mol. The smallest absolute Gasteiger partial charge is 0.293 e. The Kier molecular flexibility index (Phi) is 8.87. The van der Waals surface area contributed by atoms with Crippen molar-refractivity contribution in [2.45, 2.75) is 20.0 Å². The normalized spacial score (nSPS) is 15.0. The molecule has 2 aromatic rings. The van der Waals surface area contributed by atoms with Crippen LogP contribution in [0.2, 0.25) is 10.0 Å². The third-order valence-corrected chi connectivity index (χ3v) is 6.06. The van der Waals surface area contributed by atoms with Crippen LogP contribution in [0.25, 0.3) is 6.08 Å². The lowest BCUT2D eigenvalue weighted by atomic mass is 10.1. The number of hydrogen-bond acceptors (Lipinski definition) is 6. The fourth-order valence-electron chi connectivity index (χ4n) is 3.01. The van der Waals surface area contributed by atoms with Crippen LogP contribution < -0.4 is 9.47 Å². The average Bonchev–Trinajstić information content (AvgIpc) is 3.02. The van der Waals surface area contributed by atoms with E-state index in [1.807, 2.05) is 13.0 Å². The summed E-state index contributed by atoms with van der Waals surface area (Å²) < 4.78 is 16.6. The summed E-state index contributed by atoms with van der Waals surface area (Å²) in [5, 5.41) is 0.803. The molecule has 2 amide bonds. The first-order valence-electron chi connectivity index (χ1n) is 10.0. The Bertz CT molecular complexity index is 1030. The predicted octanol–water partition coefficient (Wildman–Crippen LogP) is 6.04. The van der Waals surface area contributed by atoms with E-state index in [9.17, 15) is 9.59 Å². The number of carbonyl (C=O) groups excluding carboxylic acids is 2. The molecule has 0 aromatic heterocycles. The second-order valence-electron chi connectivity index (χ2n) is 6.84. The maximum Gasteiger partial charge on any atom is 0.293 e. The number of imide groups is 1. The molecule has 0 spiro atoms. The van der Waals surface area contributed by atoms with E-state index >= 15 is 0 Å². The summed E-state index contributed by atoms with van der Waals surface area (Å²) in [5.74, 6) is 0.778. The van der Waals surface area contributed by atoms with Gasteiger partial charge in [-0.15, -0.1) is 0 Å². The topological polar surface area (TPSA) is 65.1 Å². The summed E-state index contributed by atoms with van der Waals surface area (Å²) in [6.45, 7) is 3.38. The van der Waals surface area contributed by atoms with Gasteiger partial charge in [0, 0.05) is 35.9 Å². The lowest BCUT2D eigenvalue weighted by molar-refractivity contribution is -0.122. The molecule has 1 aliphatic heterocycles. The lowest BCUT2D eigenvalue weighted by Gasteiger charge is -2.14. The van der Waals surface area contributed by atoms with Crippen molar-refractivity contribution < 1.29 is 23.8 Å². The fourth-order valence-corrected chi connectivity index (χ4v) is 4.34. The second kappa shape index (κ2) is 11.6. The van der Waals surface area contributed by atoms with Gasteiger partial charge in [-0.3, -0.25) is 14.5 Å². The molecule has 0 bridgehead atoms. The number of nitrogens with zero attached hydrogens (tertiary/aromatic N) is 1. The lowest BCUT2D eigenvalue weighted by Crippen LogP contribution is -2.29. The molecule has 0 radical (unpaired) electrons. The standard InChI is InChI=1S/C23H23Cl2NO5S/c1-3-30-20-11-15(12-21-22(27)26(23(28)32-21)9-4-10-29-2)5-8-19(20)31-14-16-6-7-17(24)13-18(16)25/h5-8,11-13H,3-4,9-10,14H2,1-2H3/b21-12+. The number of benzene rings is 2. The average molecular weight is 496 g/mol. The van der Waals surface area contributed by atoms with Gasteiger partial charge in [-0.2, -0.15) is 0 Å². The van der Waals surface area contributed by atoms with Crippen molar-refractivity contribution >= 4 is 52.2 Å². The zero-order valence-corrected chi connectivity index (χ0v) is 20.1. The zero-order valence-electron chi connectivity index (χ0n) is 17.7. The summed E-state index contributed by atoms with van der Waals surface area (Å²) >= 11 is 13.1. The first-order valence-corrected chi connectivity index (χ1v) is 11.6. The molecular weight excluding hydrogens is 473 g/mol. The molecule has 32 heavy (non-hydrogen) atoms. The van der Waals surface area contributed by atoms with Gasteiger partial charge in [0.25, 0.3) is 11.1 Å². The quantitative estimate of drug-likeness (QED) is 0.295. The molecule has 1 saturated heterocycles. The molecule has 0 saturated carbocycles. The number of carbonyl (C=O) groups is 2. The Morgan fingerprint density at radius 3 is 2.59 bits per heavy atom. The summed E-state index contributed by atoms with van der Waals surface area (Å²) in [7, 11) is 1.58. The highest BCUT2D eigenvalue weighted by atomic mass is 35.5. The van der Waals surface area contributed by atoms with Crippen molar-refractivity contribution in [3.63, 3.8) is 0 Å². The van der Waals surface area contributed by atoms with Gasteiger partial charge in [0.15, 0.2) is 11.5 Å². The minimum atomic E-state index is -0.299. The second-order valence-corrected chi connectivity index (χ2v) is 8.68. The van der Waals surface area contributed by atoms with Gasteiger partial charge in [-0.25, -0.2) is 0 Å². The van der Waals surface area contributed by atoms with Crippen molar-refractivity contribution in [3.8, 4) is 11.5 Å². The van der Waals surface area contributed by atoms with Crippen LogP contribution in [0, 0.1) is 0 Å². The van der Waals surface area contributed by atoms with Crippen molar-refractivity contribution in [2.75, 3.05) is 26.9 Å². The maximum absolute atomic E-state index is 12.6. The molecule has 6 nitrogen and oxygen atoms in total. The van der Waals surface area contributed by atoms with Gasteiger partial charge in [-0.1, -0.05) is 35.3 Å². The third-order valence-electron chi connectivity index (χ3n) is 4.57. The Labute approximate surface area is 201 Å². The van der Waals surface area contributed by atoms with Gasteiger partial charge in [0.1, 0.15) is 6.61 Å². The Morgan fingerprint density at radius 2 is 1.88 bits per heavy atom. The summed E-state index contributed by atoms with van der Waals surface area (Å²) in [6, 6.07) is 10.6. The zero-order chi connectivity index (χ0) is 23.1. The van der Waals surface area contributed by atoms with Crippen LogP contribution in [-0.4, -0.2) is 42.9 Å². The van der Waals surface area contributed by atoms with E-state index in [0.29, 0.717) is 52.6 Å². The SMILES string of the molecule is CCOc1cc(/C=C2/SC(=O)N(CCCOC)C2=O)ccc1OCc1ccc(Cl)cc1Cl. The number of ether oxygens (including phenoxy) is 3. The summed E-state index contributed by atoms with van der Waals surface area (Å²) in [4.78, 5) is 26.4. The highest BCUT2D eigenvalue weighted by Crippen LogP contribution is 2.35. The van der Waals surface area contributed by atoms with Gasteiger partial charge < -0.3 is 14.2 Å². The van der Waals surface area contributed by atoms with Crippen molar-refractivity contribution in [3.05, 3.63) is 62.5 Å². The molecule has 9 heteroatoms. The van der Waals surface area contributed by atoms with Gasteiger partial charge >= 0.3 is 0 Å². The number of thioether (sulfide) groups is 1. The van der Waals surface area contributed by atoms with Crippen LogP contribution in [0.3, 0.4) is 0 Å². The summed E-state index contributed by atoms with van der Waals surface area (Å²) in [5.41, 5.74) is 1.53. The van der Waals surface area contributed by atoms with Crippen molar-refractivity contribution in [2.24, 2.45) is 0 Å². The molecule has 2 aromatic carbocycles. The molecule has 0 atom stereocenters. The molecule has 1 aliphatic rings. The van der Waals surface area contributed by atoms with Gasteiger partial charge in [0.05, 0.1) is 11.5 Å². The van der Waals surface area contributed by atoms with E-state index in [-0.39, 0.29) is 17.8 Å². The van der Waals surface area contributed by atoms with E-state index in [2.05, 4.69) is 0 Å². The van der Waals surface area contributed by atoms with Gasteiger partial charge in [0.2, 0.25) is 0 Å². The van der Waals surface area contributed by atoms with Crippen molar-refractivity contribution in [1.29, 1.82) is 0 Å². The minimum Gasteiger partial charge on any atom is -0.490 e. The van der Waals surface area contributed by atoms with Crippen LogP contribution in [-0.2, 0) is 16.1 Å². The minimum absolute atomic E-state index is 0.246. The Morgan fingerprint density at radius 1 is 1.06 bits per heavy atom. The van der Waals surface area contributed by atoms with E-state index < -0.39 is 0 Å². The van der Waals surface area contributed by atoms with E-state index in [1.165, 1.54) is 4.90 Å². The van der Waals surface area contributed by atoms with Crippen LogP contribution in [0.5, 0.6) is 11.5 Å². The molecular formula is C23H23Cl2NO5S. The third kappa shape index (κ3) is 6.19. The number of amides is 2. The molecule has 3 rings (SSSR count). The largest absolute Gasteiger partial charge is 0.490 e. The van der Waals surface area contributed by atoms with Gasteiger partial charge in [-0.05, 0) is 61.0 Å².